The zero-order valence-electron chi connectivity index (χ0n) is 17.6. The topological polar surface area (TPSA) is 100 Å². The summed E-state index contributed by atoms with van der Waals surface area (Å²) in [6.07, 6.45) is 1.22. The van der Waals surface area contributed by atoms with Crippen molar-refractivity contribution in [3.8, 4) is 11.5 Å². The molecular formula is C25H23N3O4. The summed E-state index contributed by atoms with van der Waals surface area (Å²) in [5.74, 6) is -0.437. The molecule has 0 bridgehead atoms. The third-order valence-electron chi connectivity index (χ3n) is 4.52. The Morgan fingerprint density at radius 1 is 1.06 bits per heavy atom. The average molecular weight is 429 g/mol. The summed E-state index contributed by atoms with van der Waals surface area (Å²) in [6, 6.07) is 18.7. The molecule has 0 unspecified atom stereocenters. The average Bonchev–Trinajstić information content (AvgIpc) is 2.83. The highest BCUT2D eigenvalue weighted by atomic mass is 16.5. The molecule has 0 radical (unpaired) electrons. The predicted octanol–water partition coefficient (Wildman–Crippen LogP) is 5.24. The van der Waals surface area contributed by atoms with Gasteiger partial charge in [-0.2, -0.15) is 5.11 Å². The van der Waals surface area contributed by atoms with E-state index in [1.54, 1.807) is 36.4 Å². The van der Waals surface area contributed by atoms with Crippen LogP contribution >= 0.6 is 0 Å². The summed E-state index contributed by atoms with van der Waals surface area (Å²) in [5.41, 5.74) is 2.37. The first kappa shape index (κ1) is 22.4. The Balaban J connectivity index is 1.85. The van der Waals surface area contributed by atoms with Crippen molar-refractivity contribution < 1.29 is 19.4 Å². The maximum absolute atomic E-state index is 12.8. The maximum atomic E-state index is 12.8. The zero-order valence-corrected chi connectivity index (χ0v) is 17.6. The molecule has 3 aromatic carbocycles. The Morgan fingerprint density at radius 2 is 1.78 bits per heavy atom. The largest absolute Gasteiger partial charge is 0.507 e. The number of nitrogens with zero attached hydrogens (tertiary/aromatic N) is 2. The molecule has 2 N–H and O–H groups in total. The van der Waals surface area contributed by atoms with Crippen LogP contribution in [0.4, 0.5) is 11.4 Å². The first-order valence-electron chi connectivity index (χ1n) is 10.0. The highest BCUT2D eigenvalue weighted by Crippen LogP contribution is 2.36. The fourth-order valence-corrected chi connectivity index (χ4v) is 2.89. The SMILES string of the molecule is C=CC(=O)NCc1ccc(N=Nc2cc(C(=O)c3ccccc3)c(O)cc2OCC)cc1. The van der Waals surface area contributed by atoms with Crippen LogP contribution < -0.4 is 10.1 Å². The summed E-state index contributed by atoms with van der Waals surface area (Å²) in [4.78, 5) is 24.1. The first-order chi connectivity index (χ1) is 15.5. The summed E-state index contributed by atoms with van der Waals surface area (Å²) in [5, 5.41) is 21.6. The molecule has 0 aliphatic carbocycles. The minimum absolute atomic E-state index is 0.113. The van der Waals surface area contributed by atoms with E-state index in [1.165, 1.54) is 18.2 Å². The predicted molar refractivity (Wildman–Crippen MR) is 122 cm³/mol. The lowest BCUT2D eigenvalue weighted by atomic mass is 10.0. The number of aromatic hydroxyl groups is 1. The lowest BCUT2D eigenvalue weighted by Crippen LogP contribution is -2.19. The minimum atomic E-state index is -0.325. The van der Waals surface area contributed by atoms with Gasteiger partial charge in [-0.25, -0.2) is 0 Å². The Labute approximate surface area is 186 Å². The molecule has 0 aliphatic heterocycles. The van der Waals surface area contributed by atoms with E-state index in [-0.39, 0.29) is 23.0 Å². The van der Waals surface area contributed by atoms with Gasteiger partial charge in [0.25, 0.3) is 0 Å². The zero-order chi connectivity index (χ0) is 22.9. The number of carbonyl (C=O) groups excluding carboxylic acids is 2. The van der Waals surface area contributed by atoms with E-state index in [2.05, 4.69) is 22.1 Å². The van der Waals surface area contributed by atoms with Gasteiger partial charge in [0, 0.05) is 18.2 Å². The van der Waals surface area contributed by atoms with Crippen molar-refractivity contribution in [3.63, 3.8) is 0 Å². The van der Waals surface area contributed by atoms with Crippen LogP contribution in [-0.2, 0) is 11.3 Å². The highest BCUT2D eigenvalue weighted by molar-refractivity contribution is 6.11. The molecule has 162 valence electrons. The van der Waals surface area contributed by atoms with Crippen LogP contribution in [0.1, 0.15) is 28.4 Å². The van der Waals surface area contributed by atoms with E-state index in [1.807, 2.05) is 25.1 Å². The number of ketones is 1. The molecule has 0 heterocycles. The van der Waals surface area contributed by atoms with E-state index in [0.717, 1.165) is 5.56 Å². The molecule has 0 atom stereocenters. The summed E-state index contributed by atoms with van der Waals surface area (Å²) in [6.45, 7) is 5.96. The maximum Gasteiger partial charge on any atom is 0.243 e. The molecule has 0 aliphatic rings. The number of carbonyl (C=O) groups is 2. The van der Waals surface area contributed by atoms with Crippen molar-refractivity contribution in [1.29, 1.82) is 0 Å². The van der Waals surface area contributed by atoms with Crippen LogP contribution in [0.5, 0.6) is 11.5 Å². The monoisotopic (exact) mass is 429 g/mol. The molecule has 32 heavy (non-hydrogen) atoms. The second-order valence-electron chi connectivity index (χ2n) is 6.75. The van der Waals surface area contributed by atoms with Crippen LogP contribution in [-0.4, -0.2) is 23.4 Å². The molecule has 0 spiro atoms. The number of azo groups is 1. The van der Waals surface area contributed by atoms with Gasteiger partial charge < -0.3 is 15.2 Å². The fourth-order valence-electron chi connectivity index (χ4n) is 2.89. The molecule has 3 rings (SSSR count). The van der Waals surface area contributed by atoms with E-state index in [9.17, 15) is 14.7 Å². The summed E-state index contributed by atoms with van der Waals surface area (Å²) < 4.78 is 5.56. The van der Waals surface area contributed by atoms with Crippen molar-refractivity contribution in [2.45, 2.75) is 13.5 Å². The van der Waals surface area contributed by atoms with Gasteiger partial charge in [0.2, 0.25) is 5.91 Å². The number of amides is 1. The second kappa shape index (κ2) is 10.7. The van der Waals surface area contributed by atoms with Gasteiger partial charge in [0.15, 0.2) is 11.5 Å². The van der Waals surface area contributed by atoms with E-state index in [0.29, 0.717) is 35.8 Å². The van der Waals surface area contributed by atoms with Crippen LogP contribution in [0.3, 0.4) is 0 Å². The lowest BCUT2D eigenvalue weighted by molar-refractivity contribution is -0.116. The number of benzene rings is 3. The second-order valence-corrected chi connectivity index (χ2v) is 6.75. The molecule has 3 aromatic rings. The van der Waals surface area contributed by atoms with Gasteiger partial charge in [-0.3, -0.25) is 9.59 Å². The number of nitrogens with one attached hydrogen (secondary N) is 1. The summed E-state index contributed by atoms with van der Waals surface area (Å²) in [7, 11) is 0. The van der Waals surface area contributed by atoms with Crippen LogP contribution in [0, 0.1) is 0 Å². The summed E-state index contributed by atoms with van der Waals surface area (Å²) >= 11 is 0. The Kier molecular flexibility index (Phi) is 7.48. The van der Waals surface area contributed by atoms with E-state index < -0.39 is 0 Å². The molecule has 7 heteroatoms. The van der Waals surface area contributed by atoms with Gasteiger partial charge in [0.05, 0.1) is 17.9 Å². The number of phenols is 1. The molecule has 0 fully saturated rings. The molecule has 0 saturated carbocycles. The van der Waals surface area contributed by atoms with Gasteiger partial charge in [-0.1, -0.05) is 49.0 Å². The van der Waals surface area contributed by atoms with Crippen LogP contribution in [0.15, 0.2) is 89.6 Å². The van der Waals surface area contributed by atoms with Crippen molar-refractivity contribution in [2.75, 3.05) is 6.61 Å². The minimum Gasteiger partial charge on any atom is -0.507 e. The third kappa shape index (κ3) is 5.66. The van der Waals surface area contributed by atoms with E-state index >= 15 is 0 Å². The van der Waals surface area contributed by atoms with Gasteiger partial charge in [0.1, 0.15) is 11.4 Å². The number of hydrogen-bond acceptors (Lipinski definition) is 6. The van der Waals surface area contributed by atoms with Crippen molar-refractivity contribution in [2.24, 2.45) is 10.2 Å². The lowest BCUT2D eigenvalue weighted by Gasteiger charge is -2.10. The van der Waals surface area contributed by atoms with Gasteiger partial charge >= 0.3 is 0 Å². The van der Waals surface area contributed by atoms with Crippen LogP contribution in [0.25, 0.3) is 0 Å². The van der Waals surface area contributed by atoms with Crippen LogP contribution in [0.2, 0.25) is 0 Å². The quantitative estimate of drug-likeness (QED) is 0.276. The first-order valence-corrected chi connectivity index (χ1v) is 10.0. The standard InChI is InChI=1S/C25H23N3O4/c1-3-24(30)26-16-17-10-12-19(13-11-17)27-28-21-14-20(22(29)15-23(21)32-4-2)25(31)18-8-6-5-7-9-18/h3,5-15,29H,1,4,16H2,2H3,(H,26,30). The number of hydrogen-bond donors (Lipinski definition) is 2. The Morgan fingerprint density at radius 3 is 2.44 bits per heavy atom. The van der Waals surface area contributed by atoms with Gasteiger partial charge in [-0.05, 0) is 36.8 Å². The third-order valence-corrected chi connectivity index (χ3v) is 4.52. The number of rotatable bonds is 9. The number of ether oxygens (including phenoxy) is 1. The van der Waals surface area contributed by atoms with Crippen molar-refractivity contribution >= 4 is 23.1 Å². The van der Waals surface area contributed by atoms with Crippen molar-refractivity contribution in [1.82, 2.24) is 5.32 Å². The fraction of sp³-hybridized carbons (Fsp3) is 0.120. The van der Waals surface area contributed by atoms with Crippen molar-refractivity contribution in [3.05, 3.63) is 96.1 Å². The molecule has 7 nitrogen and oxygen atoms in total. The number of phenolic OH excluding ortho intramolecular Hbond substituents is 1. The Hall–Kier alpha value is -4.26. The molecule has 1 amide bonds. The molecular weight excluding hydrogens is 406 g/mol. The normalized spacial score (nSPS) is 10.7. The Bertz CT molecular complexity index is 1140. The smallest absolute Gasteiger partial charge is 0.243 e. The molecule has 0 saturated heterocycles. The highest BCUT2D eigenvalue weighted by Gasteiger charge is 2.17. The molecule has 0 aromatic heterocycles. The van der Waals surface area contributed by atoms with E-state index in [4.69, 9.17) is 4.74 Å². The van der Waals surface area contributed by atoms with Gasteiger partial charge in [-0.15, -0.1) is 5.11 Å².